The molecule has 4 atom stereocenters. The Labute approximate surface area is 103 Å². The van der Waals surface area contributed by atoms with E-state index in [0.29, 0.717) is 18.5 Å². The zero-order valence-corrected chi connectivity index (χ0v) is 10.9. The minimum absolute atomic E-state index is 0.0847. The van der Waals surface area contributed by atoms with Crippen molar-refractivity contribution < 1.29 is 9.53 Å². The molecule has 0 radical (unpaired) electrons. The minimum atomic E-state index is -0.240. The van der Waals surface area contributed by atoms with E-state index in [1.807, 2.05) is 4.90 Å². The Bertz CT molecular complexity index is 283. The van der Waals surface area contributed by atoms with Crippen molar-refractivity contribution in [1.82, 2.24) is 4.90 Å². The summed E-state index contributed by atoms with van der Waals surface area (Å²) >= 11 is 0. The normalized spacial score (nSPS) is 38.4. The molecule has 0 spiro atoms. The number of nitrogens with two attached hydrogens (primary N) is 1. The minimum Gasteiger partial charge on any atom is -0.364 e. The molecule has 2 fully saturated rings. The quantitative estimate of drug-likeness (QED) is 0.787. The van der Waals surface area contributed by atoms with Crippen LogP contribution in [0.15, 0.2) is 0 Å². The van der Waals surface area contributed by atoms with E-state index >= 15 is 0 Å². The first kappa shape index (κ1) is 12.8. The average Bonchev–Trinajstić information content (AvgIpc) is 2.80. The summed E-state index contributed by atoms with van der Waals surface area (Å²) in [5, 5.41) is 0. The van der Waals surface area contributed by atoms with Crippen LogP contribution < -0.4 is 5.73 Å². The molecule has 98 valence electrons. The van der Waals surface area contributed by atoms with Gasteiger partial charge in [0.25, 0.3) is 5.91 Å². The highest BCUT2D eigenvalue weighted by Crippen LogP contribution is 2.26. The second-order valence-electron chi connectivity index (χ2n) is 5.58. The van der Waals surface area contributed by atoms with Gasteiger partial charge in [-0.3, -0.25) is 4.79 Å². The van der Waals surface area contributed by atoms with E-state index in [1.54, 1.807) is 0 Å². The van der Waals surface area contributed by atoms with Crippen LogP contribution in [0.2, 0.25) is 0 Å². The Kier molecular flexibility index (Phi) is 4.05. The van der Waals surface area contributed by atoms with Crippen molar-refractivity contribution in [2.45, 2.75) is 57.8 Å². The maximum absolute atomic E-state index is 12.4. The van der Waals surface area contributed by atoms with Crippen LogP contribution in [0.1, 0.15) is 39.5 Å². The van der Waals surface area contributed by atoms with Gasteiger partial charge >= 0.3 is 0 Å². The van der Waals surface area contributed by atoms with E-state index < -0.39 is 0 Å². The molecule has 4 heteroatoms. The van der Waals surface area contributed by atoms with E-state index in [2.05, 4.69) is 13.8 Å². The summed E-state index contributed by atoms with van der Waals surface area (Å²) < 4.78 is 5.69. The molecule has 0 aliphatic carbocycles. The third kappa shape index (κ3) is 2.80. The molecule has 2 aliphatic rings. The predicted octanol–water partition coefficient (Wildman–Crippen LogP) is 1.14. The van der Waals surface area contributed by atoms with Crippen LogP contribution in [0.5, 0.6) is 0 Å². The van der Waals surface area contributed by atoms with Gasteiger partial charge in [0.05, 0.1) is 6.10 Å². The number of likely N-dealkylation sites (tertiary alicyclic amines) is 1. The molecular weight excluding hydrogens is 216 g/mol. The van der Waals surface area contributed by atoms with Crippen LogP contribution >= 0.6 is 0 Å². The average molecular weight is 240 g/mol. The number of hydrogen-bond donors (Lipinski definition) is 1. The Morgan fingerprint density at radius 3 is 2.71 bits per heavy atom. The summed E-state index contributed by atoms with van der Waals surface area (Å²) in [6, 6.07) is 0.360. The summed E-state index contributed by atoms with van der Waals surface area (Å²) in [4.78, 5) is 14.4. The molecule has 2 saturated heterocycles. The Morgan fingerprint density at radius 1 is 1.29 bits per heavy atom. The molecule has 0 aromatic heterocycles. The van der Waals surface area contributed by atoms with Gasteiger partial charge in [0.2, 0.25) is 0 Å². The zero-order chi connectivity index (χ0) is 12.4. The van der Waals surface area contributed by atoms with Gasteiger partial charge in [-0.25, -0.2) is 0 Å². The number of carbonyl (C=O) groups is 1. The van der Waals surface area contributed by atoms with Crippen LogP contribution in [0, 0.1) is 5.92 Å². The Balaban J connectivity index is 1.94. The van der Waals surface area contributed by atoms with Gasteiger partial charge in [-0.2, -0.15) is 0 Å². The zero-order valence-electron chi connectivity index (χ0n) is 10.9. The summed E-state index contributed by atoms with van der Waals surface area (Å²) in [5.74, 6) is 0.793. The molecular formula is C13H24N2O2. The highest BCUT2D eigenvalue weighted by atomic mass is 16.5. The van der Waals surface area contributed by atoms with Gasteiger partial charge in [-0.15, -0.1) is 0 Å². The molecule has 2 aliphatic heterocycles. The standard InChI is InChI=1S/C13H24N2O2/c1-9-3-4-10(2)15(8-9)13(16)12-6-5-11(7-14)17-12/h9-12H,3-8,14H2,1-2H3/t9?,10?,11-,12+/m1/s1. The fourth-order valence-corrected chi connectivity index (χ4v) is 2.84. The number of ether oxygens (including phenoxy) is 1. The van der Waals surface area contributed by atoms with Gasteiger partial charge in [0.1, 0.15) is 6.10 Å². The molecule has 4 nitrogen and oxygen atoms in total. The topological polar surface area (TPSA) is 55.6 Å². The van der Waals surface area contributed by atoms with Crippen molar-refractivity contribution in [3.05, 3.63) is 0 Å². The molecule has 0 bridgehead atoms. The third-order valence-corrected chi connectivity index (χ3v) is 4.05. The van der Waals surface area contributed by atoms with Crippen molar-refractivity contribution in [3.8, 4) is 0 Å². The highest BCUT2D eigenvalue weighted by Gasteiger charge is 2.36. The van der Waals surface area contributed by atoms with Crippen LogP contribution in [-0.2, 0) is 9.53 Å². The summed E-state index contributed by atoms with van der Waals surface area (Å²) in [5.41, 5.74) is 5.57. The van der Waals surface area contributed by atoms with E-state index in [1.165, 1.54) is 6.42 Å². The summed E-state index contributed by atoms with van der Waals surface area (Å²) in [6.07, 6.45) is 3.93. The first-order chi connectivity index (χ1) is 8.11. The molecule has 0 aromatic rings. The smallest absolute Gasteiger partial charge is 0.251 e. The molecule has 2 N–H and O–H groups in total. The predicted molar refractivity (Wildman–Crippen MR) is 66.5 cm³/mol. The molecule has 0 saturated carbocycles. The molecule has 2 rings (SSSR count). The fourth-order valence-electron chi connectivity index (χ4n) is 2.84. The van der Waals surface area contributed by atoms with Crippen LogP contribution in [0.3, 0.4) is 0 Å². The van der Waals surface area contributed by atoms with E-state index in [9.17, 15) is 4.79 Å². The van der Waals surface area contributed by atoms with E-state index in [0.717, 1.165) is 25.8 Å². The second kappa shape index (κ2) is 5.36. The lowest BCUT2D eigenvalue weighted by Crippen LogP contribution is -2.49. The summed E-state index contributed by atoms with van der Waals surface area (Å²) in [7, 11) is 0. The molecule has 2 unspecified atom stereocenters. The lowest BCUT2D eigenvalue weighted by atomic mass is 9.94. The van der Waals surface area contributed by atoms with Crippen LogP contribution in [0.4, 0.5) is 0 Å². The number of hydrogen-bond acceptors (Lipinski definition) is 3. The molecule has 1 amide bonds. The second-order valence-corrected chi connectivity index (χ2v) is 5.58. The van der Waals surface area contributed by atoms with Crippen molar-refractivity contribution in [1.29, 1.82) is 0 Å². The first-order valence-corrected chi connectivity index (χ1v) is 6.77. The van der Waals surface area contributed by atoms with Crippen molar-refractivity contribution in [2.75, 3.05) is 13.1 Å². The SMILES string of the molecule is CC1CCC(C)N(C(=O)[C@@H]2CC[C@H](CN)O2)C1. The fraction of sp³-hybridized carbons (Fsp3) is 0.923. The number of nitrogens with zero attached hydrogens (tertiary/aromatic N) is 1. The van der Waals surface area contributed by atoms with Crippen LogP contribution in [-0.4, -0.2) is 42.1 Å². The highest BCUT2D eigenvalue weighted by molar-refractivity contribution is 5.81. The van der Waals surface area contributed by atoms with Crippen molar-refractivity contribution in [3.63, 3.8) is 0 Å². The van der Waals surface area contributed by atoms with Crippen LogP contribution in [0.25, 0.3) is 0 Å². The van der Waals surface area contributed by atoms with Gasteiger partial charge in [0.15, 0.2) is 0 Å². The van der Waals surface area contributed by atoms with E-state index in [-0.39, 0.29) is 18.1 Å². The maximum atomic E-state index is 12.4. The number of rotatable bonds is 2. The lowest BCUT2D eigenvalue weighted by molar-refractivity contribution is -0.147. The third-order valence-electron chi connectivity index (χ3n) is 4.05. The maximum Gasteiger partial charge on any atom is 0.251 e. The first-order valence-electron chi connectivity index (χ1n) is 6.77. The Morgan fingerprint density at radius 2 is 2.06 bits per heavy atom. The summed E-state index contributed by atoms with van der Waals surface area (Å²) in [6.45, 7) is 5.76. The molecule has 0 aromatic carbocycles. The number of piperidine rings is 1. The Hall–Kier alpha value is -0.610. The number of carbonyl (C=O) groups excluding carboxylic acids is 1. The molecule has 2 heterocycles. The number of amides is 1. The molecule has 17 heavy (non-hydrogen) atoms. The monoisotopic (exact) mass is 240 g/mol. The van der Waals surface area contributed by atoms with E-state index in [4.69, 9.17) is 10.5 Å². The van der Waals surface area contributed by atoms with Gasteiger partial charge < -0.3 is 15.4 Å². The largest absolute Gasteiger partial charge is 0.364 e. The van der Waals surface area contributed by atoms with Gasteiger partial charge in [-0.05, 0) is 38.5 Å². The lowest BCUT2D eigenvalue weighted by Gasteiger charge is -2.38. The van der Waals surface area contributed by atoms with Gasteiger partial charge in [-0.1, -0.05) is 6.92 Å². The van der Waals surface area contributed by atoms with Crippen molar-refractivity contribution >= 4 is 5.91 Å². The van der Waals surface area contributed by atoms with Crippen molar-refractivity contribution in [2.24, 2.45) is 11.7 Å². The van der Waals surface area contributed by atoms with Gasteiger partial charge in [0, 0.05) is 19.1 Å².